The van der Waals surface area contributed by atoms with Gasteiger partial charge < -0.3 is 20.0 Å². The van der Waals surface area contributed by atoms with Crippen molar-refractivity contribution in [2.75, 3.05) is 12.4 Å². The summed E-state index contributed by atoms with van der Waals surface area (Å²) in [5.41, 5.74) is -0.864. The van der Waals surface area contributed by atoms with E-state index in [2.05, 4.69) is 15.0 Å². The van der Waals surface area contributed by atoms with Gasteiger partial charge in [0.15, 0.2) is 5.82 Å². The average molecular weight is 336 g/mol. The Kier molecular flexibility index (Phi) is 6.82. The van der Waals surface area contributed by atoms with Crippen LogP contribution in [0.1, 0.15) is 10.4 Å². The predicted octanol–water partition coefficient (Wildman–Crippen LogP) is -1.38. The molecule has 1 heterocycles. The Morgan fingerprint density at radius 1 is 1.23 bits per heavy atom. The summed E-state index contributed by atoms with van der Waals surface area (Å²) in [7, 11) is 1.13. The van der Waals surface area contributed by atoms with Crippen LogP contribution in [-0.4, -0.2) is 18.1 Å². The molecule has 0 aliphatic heterocycles. The number of carbonyl (C=O) groups excluding carboxylic acids is 1. The van der Waals surface area contributed by atoms with E-state index in [1.807, 2.05) is 0 Å². The van der Waals surface area contributed by atoms with Gasteiger partial charge in [0.05, 0.1) is 18.8 Å². The van der Waals surface area contributed by atoms with Gasteiger partial charge in [0.25, 0.3) is 5.88 Å². The molecule has 0 fully saturated rings. The Morgan fingerprint density at radius 3 is 2.45 bits per heavy atom. The van der Waals surface area contributed by atoms with Crippen molar-refractivity contribution in [1.29, 1.82) is 0 Å². The molecule has 5 nitrogen and oxygen atoms in total. The number of methoxy groups -OCH3 is 1. The summed E-state index contributed by atoms with van der Waals surface area (Å²) in [6.07, 6.45) is 0. The van der Waals surface area contributed by atoms with Crippen LogP contribution in [0.25, 0.3) is 0 Å². The van der Waals surface area contributed by atoms with E-state index in [9.17, 15) is 23.1 Å². The molecule has 0 atom stereocenters. The Morgan fingerprint density at radius 2 is 1.91 bits per heavy atom. The van der Waals surface area contributed by atoms with E-state index in [4.69, 9.17) is 0 Å². The molecule has 110 valence electrons. The number of hydrogen-bond donors (Lipinski definition) is 1. The molecule has 0 radical (unpaired) electrons. The number of benzene rings is 1. The second-order valence-electron chi connectivity index (χ2n) is 3.91. The monoisotopic (exact) mass is 336 g/mol. The van der Waals surface area contributed by atoms with Gasteiger partial charge >= 0.3 is 51.4 Å². The maximum absolute atomic E-state index is 13.5. The van der Waals surface area contributed by atoms with Crippen LogP contribution in [-0.2, 0) is 0 Å². The molecule has 0 aliphatic rings. The van der Waals surface area contributed by atoms with Gasteiger partial charge in [-0.05, 0) is 18.2 Å². The van der Waals surface area contributed by atoms with Crippen LogP contribution in [0.4, 0.5) is 24.7 Å². The molecule has 1 aromatic carbocycles. The molecule has 0 spiro atoms. The zero-order chi connectivity index (χ0) is 15.6. The summed E-state index contributed by atoms with van der Waals surface area (Å²) in [5, 5.41) is 13.3. The third-order valence-corrected chi connectivity index (χ3v) is 2.54. The van der Waals surface area contributed by atoms with Crippen molar-refractivity contribution in [3.05, 3.63) is 47.3 Å². The summed E-state index contributed by atoms with van der Waals surface area (Å²) < 4.78 is 44.4. The fourth-order valence-corrected chi connectivity index (χ4v) is 1.58. The second kappa shape index (κ2) is 7.93. The van der Waals surface area contributed by atoms with Crippen LogP contribution in [0.3, 0.4) is 0 Å². The fourth-order valence-electron chi connectivity index (χ4n) is 1.58. The first kappa shape index (κ1) is 18.9. The number of pyridine rings is 1. The molecule has 0 aliphatic carbocycles. The van der Waals surface area contributed by atoms with Gasteiger partial charge in [0.1, 0.15) is 17.5 Å². The number of halogens is 3. The van der Waals surface area contributed by atoms with Crippen LogP contribution in [0, 0.1) is 17.5 Å². The van der Waals surface area contributed by atoms with Gasteiger partial charge in [0.2, 0.25) is 0 Å². The van der Waals surface area contributed by atoms with Gasteiger partial charge in [-0.3, -0.25) is 0 Å². The molecule has 0 unspecified atom stereocenters. The minimum absolute atomic E-state index is 0. The van der Waals surface area contributed by atoms with E-state index in [0.717, 1.165) is 19.2 Å². The van der Waals surface area contributed by atoms with Crippen molar-refractivity contribution in [1.82, 2.24) is 4.98 Å². The number of hydrogen-bond acceptors (Lipinski definition) is 5. The topological polar surface area (TPSA) is 74.3 Å². The number of carboxylic acids is 1. The average Bonchev–Trinajstić information content (AvgIpc) is 2.42. The Hall–Kier alpha value is -1.13. The van der Waals surface area contributed by atoms with Crippen molar-refractivity contribution in [2.24, 2.45) is 0 Å². The van der Waals surface area contributed by atoms with E-state index >= 15 is 0 Å². The van der Waals surface area contributed by atoms with Crippen molar-refractivity contribution < 1.29 is 79.2 Å². The zero-order valence-electron chi connectivity index (χ0n) is 11.6. The number of nitrogens with one attached hydrogen (secondary N) is 1. The second-order valence-corrected chi connectivity index (χ2v) is 3.91. The molecule has 0 amide bonds. The zero-order valence-corrected chi connectivity index (χ0v) is 14.7. The fraction of sp³-hybridized carbons (Fsp3) is 0.0769. The molecule has 1 N–H and O–H groups in total. The molecule has 0 saturated carbocycles. The summed E-state index contributed by atoms with van der Waals surface area (Å²) >= 11 is 0. The number of rotatable bonds is 4. The standard InChI is InChI=1S/C13H9F3N2O3.K/c1-21-12-9(16)5-7(13(19)20)11(18-12)17-10-3-2-6(14)4-8(10)15;/h2-5H,1H3,(H,17,18)(H,19,20);/q;+1/p-1. The maximum Gasteiger partial charge on any atom is 1.00 e. The first-order valence-corrected chi connectivity index (χ1v) is 5.60. The van der Waals surface area contributed by atoms with Gasteiger partial charge in [-0.25, -0.2) is 13.2 Å². The quantitative estimate of drug-likeness (QED) is 0.697. The first-order chi connectivity index (χ1) is 9.92. The number of carbonyl (C=O) groups is 1. The largest absolute Gasteiger partial charge is 1.00 e. The van der Waals surface area contributed by atoms with Gasteiger partial charge in [-0.1, -0.05) is 0 Å². The van der Waals surface area contributed by atoms with Crippen molar-refractivity contribution in [3.8, 4) is 5.88 Å². The minimum atomic E-state index is -1.71. The Labute approximate surface area is 165 Å². The summed E-state index contributed by atoms with van der Waals surface area (Å²) in [5.74, 6) is -5.37. The summed E-state index contributed by atoms with van der Waals surface area (Å²) in [6.45, 7) is 0. The predicted molar refractivity (Wildman–Crippen MR) is 64.7 cm³/mol. The smallest absolute Gasteiger partial charge is 0.545 e. The number of anilines is 2. The van der Waals surface area contributed by atoms with Crippen LogP contribution >= 0.6 is 0 Å². The van der Waals surface area contributed by atoms with E-state index < -0.39 is 40.7 Å². The van der Waals surface area contributed by atoms with E-state index in [-0.39, 0.29) is 57.1 Å². The molecule has 0 saturated heterocycles. The van der Waals surface area contributed by atoms with Crippen molar-refractivity contribution in [3.63, 3.8) is 0 Å². The number of aromatic carboxylic acids is 1. The molecule has 2 aromatic rings. The van der Waals surface area contributed by atoms with E-state index in [1.54, 1.807) is 0 Å². The molecular weight excluding hydrogens is 328 g/mol. The maximum atomic E-state index is 13.5. The van der Waals surface area contributed by atoms with Crippen LogP contribution < -0.4 is 66.5 Å². The number of aromatic nitrogens is 1. The van der Waals surface area contributed by atoms with Gasteiger partial charge in [-0.15, -0.1) is 0 Å². The van der Waals surface area contributed by atoms with Crippen LogP contribution in [0.5, 0.6) is 5.88 Å². The first-order valence-electron chi connectivity index (χ1n) is 5.60. The van der Waals surface area contributed by atoms with Crippen molar-refractivity contribution >= 4 is 17.5 Å². The Balaban J connectivity index is 0.00000242. The molecule has 0 bridgehead atoms. The summed E-state index contributed by atoms with van der Waals surface area (Å²) in [6, 6.07) is 3.23. The van der Waals surface area contributed by atoms with Crippen LogP contribution in [0.2, 0.25) is 0 Å². The number of nitrogens with zero attached hydrogens (tertiary/aromatic N) is 1. The third kappa shape index (κ3) is 4.20. The van der Waals surface area contributed by atoms with Gasteiger partial charge in [-0.2, -0.15) is 4.98 Å². The van der Waals surface area contributed by atoms with Crippen LogP contribution in [0.15, 0.2) is 24.3 Å². The molecular formula is C13H8F3KN2O3. The number of ether oxygens (including phenoxy) is 1. The molecule has 9 heteroatoms. The minimum Gasteiger partial charge on any atom is -0.545 e. The van der Waals surface area contributed by atoms with E-state index in [0.29, 0.717) is 12.1 Å². The van der Waals surface area contributed by atoms with Gasteiger partial charge in [0, 0.05) is 11.6 Å². The Bertz CT molecular complexity index is 713. The molecule has 1 aromatic heterocycles. The number of carboxylic acid groups (broad SMARTS) is 1. The van der Waals surface area contributed by atoms with Crippen molar-refractivity contribution in [2.45, 2.75) is 0 Å². The normalized spacial score (nSPS) is 9.82. The molecule has 22 heavy (non-hydrogen) atoms. The van der Waals surface area contributed by atoms with E-state index in [1.165, 1.54) is 0 Å². The third-order valence-electron chi connectivity index (χ3n) is 2.54. The summed E-state index contributed by atoms with van der Waals surface area (Å²) in [4.78, 5) is 14.5. The SMILES string of the molecule is COc1nc(Nc2ccc(F)cc2F)c(C(=O)[O-])cc1F.[K+]. The molecule has 2 rings (SSSR count).